The normalized spacial score (nSPS) is 16.1. The number of nitrogens with one attached hydrogen (secondary N) is 1. The standard InChI is InChI=1S/C13H26N2O3/c1-8(2)11(14)12(16)15-10(4)7-5-6-9(3)13(17)18/h8-11H,5-7,14H2,1-4H3,(H,15,16)(H,17,18). The fraction of sp³-hybridized carbons (Fsp3) is 0.846. The Hall–Kier alpha value is -1.10. The predicted molar refractivity (Wildman–Crippen MR) is 71.1 cm³/mol. The van der Waals surface area contributed by atoms with Gasteiger partial charge < -0.3 is 16.2 Å². The van der Waals surface area contributed by atoms with Crippen molar-refractivity contribution in [2.75, 3.05) is 0 Å². The van der Waals surface area contributed by atoms with Gasteiger partial charge in [0.1, 0.15) is 0 Å². The van der Waals surface area contributed by atoms with Gasteiger partial charge in [0.2, 0.25) is 5.91 Å². The maximum atomic E-state index is 11.7. The first-order chi connectivity index (χ1) is 8.25. The molecule has 4 N–H and O–H groups in total. The van der Waals surface area contributed by atoms with Crippen molar-refractivity contribution in [2.45, 2.75) is 59.0 Å². The van der Waals surface area contributed by atoms with Crippen LogP contribution in [0.15, 0.2) is 0 Å². The van der Waals surface area contributed by atoms with Crippen molar-refractivity contribution < 1.29 is 14.7 Å². The zero-order valence-corrected chi connectivity index (χ0v) is 11.8. The van der Waals surface area contributed by atoms with Crippen LogP contribution in [-0.2, 0) is 9.59 Å². The molecule has 0 heterocycles. The summed E-state index contributed by atoms with van der Waals surface area (Å²) in [6.45, 7) is 7.42. The Labute approximate surface area is 109 Å². The van der Waals surface area contributed by atoms with E-state index in [2.05, 4.69) is 5.32 Å². The molecule has 0 rings (SSSR count). The number of nitrogens with two attached hydrogens (primary N) is 1. The van der Waals surface area contributed by atoms with E-state index in [1.54, 1.807) is 6.92 Å². The molecule has 3 atom stereocenters. The molecule has 0 saturated heterocycles. The third kappa shape index (κ3) is 6.59. The smallest absolute Gasteiger partial charge is 0.306 e. The van der Waals surface area contributed by atoms with E-state index in [1.165, 1.54) is 0 Å². The highest BCUT2D eigenvalue weighted by atomic mass is 16.4. The van der Waals surface area contributed by atoms with Crippen LogP contribution < -0.4 is 11.1 Å². The first kappa shape index (κ1) is 16.9. The number of hydrogen-bond donors (Lipinski definition) is 3. The summed E-state index contributed by atoms with van der Waals surface area (Å²) in [5.74, 6) is -1.12. The van der Waals surface area contributed by atoms with Gasteiger partial charge in [-0.05, 0) is 25.7 Å². The topological polar surface area (TPSA) is 92.4 Å². The average molecular weight is 258 g/mol. The van der Waals surface area contributed by atoms with E-state index in [0.717, 1.165) is 12.8 Å². The summed E-state index contributed by atoms with van der Waals surface area (Å²) < 4.78 is 0. The number of hydrogen-bond acceptors (Lipinski definition) is 3. The lowest BCUT2D eigenvalue weighted by Gasteiger charge is -2.19. The fourth-order valence-electron chi connectivity index (χ4n) is 1.57. The quantitative estimate of drug-likeness (QED) is 0.613. The highest BCUT2D eigenvalue weighted by Crippen LogP contribution is 2.10. The van der Waals surface area contributed by atoms with Crippen molar-refractivity contribution in [1.82, 2.24) is 5.32 Å². The van der Waals surface area contributed by atoms with Crippen LogP contribution in [0.2, 0.25) is 0 Å². The number of carbonyl (C=O) groups excluding carboxylic acids is 1. The Balaban J connectivity index is 3.87. The van der Waals surface area contributed by atoms with E-state index in [1.807, 2.05) is 20.8 Å². The van der Waals surface area contributed by atoms with Gasteiger partial charge in [-0.15, -0.1) is 0 Å². The summed E-state index contributed by atoms with van der Waals surface area (Å²) in [7, 11) is 0. The monoisotopic (exact) mass is 258 g/mol. The van der Waals surface area contributed by atoms with E-state index < -0.39 is 12.0 Å². The van der Waals surface area contributed by atoms with Crippen LogP contribution in [0.3, 0.4) is 0 Å². The van der Waals surface area contributed by atoms with Crippen LogP contribution in [0.5, 0.6) is 0 Å². The van der Waals surface area contributed by atoms with Crippen LogP contribution in [0.4, 0.5) is 0 Å². The third-order valence-corrected chi connectivity index (χ3v) is 3.11. The van der Waals surface area contributed by atoms with Crippen molar-refractivity contribution in [1.29, 1.82) is 0 Å². The van der Waals surface area contributed by atoms with Crippen LogP contribution in [-0.4, -0.2) is 29.1 Å². The van der Waals surface area contributed by atoms with Crippen LogP contribution in [0.1, 0.15) is 47.0 Å². The molecule has 0 radical (unpaired) electrons. The third-order valence-electron chi connectivity index (χ3n) is 3.11. The second kappa shape index (κ2) is 8.08. The van der Waals surface area contributed by atoms with Gasteiger partial charge in [0.25, 0.3) is 0 Å². The summed E-state index contributed by atoms with van der Waals surface area (Å²) in [5, 5.41) is 11.6. The number of carboxylic acids is 1. The average Bonchev–Trinajstić information content (AvgIpc) is 2.27. The van der Waals surface area contributed by atoms with Gasteiger partial charge in [-0.1, -0.05) is 27.2 Å². The summed E-state index contributed by atoms with van der Waals surface area (Å²) in [6.07, 6.45) is 2.19. The van der Waals surface area contributed by atoms with Crippen molar-refractivity contribution in [2.24, 2.45) is 17.6 Å². The van der Waals surface area contributed by atoms with Crippen molar-refractivity contribution in [3.63, 3.8) is 0 Å². The van der Waals surface area contributed by atoms with Gasteiger partial charge in [0.05, 0.1) is 12.0 Å². The van der Waals surface area contributed by atoms with Crippen LogP contribution in [0.25, 0.3) is 0 Å². The van der Waals surface area contributed by atoms with Gasteiger partial charge >= 0.3 is 5.97 Å². The predicted octanol–water partition coefficient (Wildman–Crippen LogP) is 1.37. The van der Waals surface area contributed by atoms with Crippen molar-refractivity contribution >= 4 is 11.9 Å². The second-order valence-electron chi connectivity index (χ2n) is 5.35. The maximum Gasteiger partial charge on any atom is 0.306 e. The molecule has 0 bridgehead atoms. The van der Waals surface area contributed by atoms with E-state index in [9.17, 15) is 9.59 Å². The molecule has 0 aliphatic carbocycles. The summed E-state index contributed by atoms with van der Waals surface area (Å²) in [6, 6.07) is -0.450. The lowest BCUT2D eigenvalue weighted by atomic mass is 10.0. The van der Waals surface area contributed by atoms with Gasteiger partial charge in [-0.25, -0.2) is 0 Å². The molecule has 5 nitrogen and oxygen atoms in total. The molecule has 1 amide bonds. The molecule has 0 aliphatic rings. The molecule has 0 spiro atoms. The minimum Gasteiger partial charge on any atom is -0.481 e. The van der Waals surface area contributed by atoms with E-state index in [0.29, 0.717) is 6.42 Å². The number of amides is 1. The maximum absolute atomic E-state index is 11.7. The lowest BCUT2D eigenvalue weighted by Crippen LogP contribution is -2.47. The number of rotatable bonds is 8. The molecule has 0 aromatic rings. The molecular formula is C13H26N2O3. The van der Waals surface area contributed by atoms with E-state index in [-0.39, 0.29) is 23.8 Å². The van der Waals surface area contributed by atoms with E-state index >= 15 is 0 Å². The molecule has 0 aromatic heterocycles. The summed E-state index contributed by atoms with van der Waals surface area (Å²) in [4.78, 5) is 22.3. The lowest BCUT2D eigenvalue weighted by molar-refractivity contribution is -0.141. The first-order valence-corrected chi connectivity index (χ1v) is 6.54. The minimum atomic E-state index is -0.770. The zero-order valence-electron chi connectivity index (χ0n) is 11.8. The largest absolute Gasteiger partial charge is 0.481 e. The number of carbonyl (C=O) groups is 2. The van der Waals surface area contributed by atoms with Gasteiger partial charge in [0.15, 0.2) is 0 Å². The molecule has 0 saturated carbocycles. The number of aliphatic carboxylic acids is 1. The summed E-state index contributed by atoms with van der Waals surface area (Å²) in [5.41, 5.74) is 5.74. The van der Waals surface area contributed by atoms with Crippen LogP contribution in [0, 0.1) is 11.8 Å². The zero-order chi connectivity index (χ0) is 14.3. The van der Waals surface area contributed by atoms with E-state index in [4.69, 9.17) is 10.8 Å². The van der Waals surface area contributed by atoms with Crippen molar-refractivity contribution in [3.05, 3.63) is 0 Å². The SMILES string of the molecule is CC(CCCC(C)C(=O)O)NC(=O)C(N)C(C)C. The molecule has 0 aromatic carbocycles. The van der Waals surface area contributed by atoms with Crippen LogP contribution >= 0.6 is 0 Å². The van der Waals surface area contributed by atoms with Gasteiger partial charge in [-0.2, -0.15) is 0 Å². The Morgan fingerprint density at radius 2 is 1.72 bits per heavy atom. The Kier molecular flexibility index (Phi) is 7.59. The van der Waals surface area contributed by atoms with Gasteiger partial charge in [0, 0.05) is 6.04 Å². The Morgan fingerprint density at radius 1 is 1.17 bits per heavy atom. The molecule has 0 aliphatic heterocycles. The molecular weight excluding hydrogens is 232 g/mol. The molecule has 0 fully saturated rings. The molecule has 3 unspecified atom stereocenters. The summed E-state index contributed by atoms with van der Waals surface area (Å²) >= 11 is 0. The Morgan fingerprint density at radius 3 is 2.17 bits per heavy atom. The molecule has 106 valence electrons. The highest BCUT2D eigenvalue weighted by molar-refractivity contribution is 5.81. The second-order valence-corrected chi connectivity index (χ2v) is 5.35. The molecule has 18 heavy (non-hydrogen) atoms. The Bertz CT molecular complexity index is 279. The first-order valence-electron chi connectivity index (χ1n) is 6.54. The fourth-order valence-corrected chi connectivity index (χ4v) is 1.57. The number of carboxylic acid groups (broad SMARTS) is 1. The highest BCUT2D eigenvalue weighted by Gasteiger charge is 2.19. The van der Waals surface area contributed by atoms with Crippen molar-refractivity contribution in [3.8, 4) is 0 Å². The van der Waals surface area contributed by atoms with Gasteiger partial charge in [-0.3, -0.25) is 9.59 Å². The minimum absolute atomic E-state index is 0.0308. The molecule has 5 heteroatoms.